The number of nitrogens with zero attached hydrogens (tertiary/aromatic N) is 1. The van der Waals surface area contributed by atoms with Gasteiger partial charge in [-0.25, -0.2) is 0 Å². The van der Waals surface area contributed by atoms with E-state index in [0.29, 0.717) is 28.1 Å². The number of imide groups is 1. The molecule has 8 nitrogen and oxygen atoms in total. The summed E-state index contributed by atoms with van der Waals surface area (Å²) in [6, 6.07) is 19.5. The number of benzene rings is 3. The van der Waals surface area contributed by atoms with E-state index in [-0.39, 0.29) is 24.6 Å². The fourth-order valence-corrected chi connectivity index (χ4v) is 3.38. The number of hydrogen-bond acceptors (Lipinski definition) is 6. The van der Waals surface area contributed by atoms with Gasteiger partial charge in [-0.3, -0.25) is 24.1 Å². The van der Waals surface area contributed by atoms with Gasteiger partial charge in [0.15, 0.2) is 0 Å². The van der Waals surface area contributed by atoms with Gasteiger partial charge in [-0.15, -0.1) is 0 Å². The topological polar surface area (TPSA) is 102 Å². The van der Waals surface area contributed by atoms with E-state index in [2.05, 4.69) is 5.32 Å². The van der Waals surface area contributed by atoms with E-state index >= 15 is 0 Å². The van der Waals surface area contributed by atoms with Crippen molar-refractivity contribution in [1.29, 1.82) is 0 Å². The number of rotatable bonds is 7. The molecule has 1 heterocycles. The lowest BCUT2D eigenvalue weighted by atomic mass is 10.1. The van der Waals surface area contributed by atoms with E-state index in [1.807, 2.05) is 0 Å². The number of fused-ring (bicyclic) bond motifs is 1. The van der Waals surface area contributed by atoms with Crippen LogP contribution in [0.4, 0.5) is 5.69 Å². The number of carbonyl (C=O) groups excluding carboxylic acids is 4. The first kappa shape index (κ1) is 21.8. The molecule has 166 valence electrons. The Bertz CT molecular complexity index is 1180. The predicted molar refractivity (Wildman–Crippen MR) is 119 cm³/mol. The maximum Gasteiger partial charge on any atom is 0.312 e. The van der Waals surface area contributed by atoms with E-state index in [4.69, 9.17) is 9.47 Å². The van der Waals surface area contributed by atoms with Gasteiger partial charge < -0.3 is 14.8 Å². The molecule has 0 bridgehead atoms. The van der Waals surface area contributed by atoms with Crippen molar-refractivity contribution in [3.05, 3.63) is 89.5 Å². The predicted octanol–water partition coefficient (Wildman–Crippen LogP) is 3.54. The molecular weight excluding hydrogens is 424 g/mol. The quantitative estimate of drug-likeness (QED) is 0.340. The first-order valence-electron chi connectivity index (χ1n) is 10.2. The van der Waals surface area contributed by atoms with Crippen molar-refractivity contribution < 1.29 is 28.7 Å². The number of amides is 3. The van der Waals surface area contributed by atoms with E-state index in [9.17, 15) is 19.2 Å². The summed E-state index contributed by atoms with van der Waals surface area (Å²) >= 11 is 0. The molecule has 1 aliphatic rings. The summed E-state index contributed by atoms with van der Waals surface area (Å²) in [4.78, 5) is 50.3. The number of methoxy groups -OCH3 is 1. The van der Waals surface area contributed by atoms with Gasteiger partial charge in [-0.2, -0.15) is 0 Å². The molecule has 4 rings (SSSR count). The van der Waals surface area contributed by atoms with Gasteiger partial charge in [0.1, 0.15) is 11.5 Å². The lowest BCUT2D eigenvalue weighted by Gasteiger charge is -2.13. The number of ether oxygens (including phenoxy) is 2. The second-order valence-corrected chi connectivity index (χ2v) is 7.24. The molecule has 33 heavy (non-hydrogen) atoms. The van der Waals surface area contributed by atoms with Crippen LogP contribution in [0.1, 0.15) is 37.5 Å². The summed E-state index contributed by atoms with van der Waals surface area (Å²) in [5.41, 5.74) is 1.67. The molecule has 0 atom stereocenters. The maximum absolute atomic E-state index is 12.4. The second-order valence-electron chi connectivity index (χ2n) is 7.24. The van der Waals surface area contributed by atoms with Crippen LogP contribution in [-0.4, -0.2) is 42.2 Å². The molecule has 0 aliphatic carbocycles. The Labute approximate surface area is 189 Å². The summed E-state index contributed by atoms with van der Waals surface area (Å²) in [5.74, 6) is -0.817. The highest BCUT2D eigenvalue weighted by molar-refractivity contribution is 6.21. The lowest BCUT2D eigenvalue weighted by Crippen LogP contribution is -2.32. The number of carbonyl (C=O) groups is 4. The molecule has 0 saturated carbocycles. The third-order valence-corrected chi connectivity index (χ3v) is 5.11. The SMILES string of the molecule is COc1ccc(NC(=O)c2ccc(OC(=O)CCN3C(=O)c4ccccc4C3=O)cc2)cc1. The molecule has 0 fully saturated rings. The fourth-order valence-electron chi connectivity index (χ4n) is 3.38. The summed E-state index contributed by atoms with van der Waals surface area (Å²) < 4.78 is 10.4. The van der Waals surface area contributed by atoms with E-state index in [1.54, 1.807) is 55.6 Å². The third kappa shape index (κ3) is 4.74. The Morgan fingerprint density at radius 3 is 1.97 bits per heavy atom. The zero-order valence-corrected chi connectivity index (χ0v) is 17.7. The zero-order valence-electron chi connectivity index (χ0n) is 17.7. The van der Waals surface area contributed by atoms with Gasteiger partial charge >= 0.3 is 5.97 Å². The van der Waals surface area contributed by atoms with Crippen LogP contribution >= 0.6 is 0 Å². The Morgan fingerprint density at radius 1 is 0.818 bits per heavy atom. The van der Waals surface area contributed by atoms with Crippen molar-refractivity contribution in [2.75, 3.05) is 19.0 Å². The first-order valence-corrected chi connectivity index (χ1v) is 10.2. The molecular formula is C25H20N2O6. The minimum Gasteiger partial charge on any atom is -0.497 e. The fraction of sp³-hybridized carbons (Fsp3) is 0.120. The summed E-state index contributed by atoms with van der Waals surface area (Å²) in [6.07, 6.45) is -0.148. The molecule has 3 aromatic carbocycles. The van der Waals surface area contributed by atoms with Crippen LogP contribution in [-0.2, 0) is 4.79 Å². The molecule has 0 spiro atoms. The third-order valence-electron chi connectivity index (χ3n) is 5.11. The van der Waals surface area contributed by atoms with Crippen LogP contribution in [0.5, 0.6) is 11.5 Å². The highest BCUT2D eigenvalue weighted by Crippen LogP contribution is 2.23. The average Bonchev–Trinajstić information content (AvgIpc) is 3.08. The normalized spacial score (nSPS) is 12.3. The molecule has 0 saturated heterocycles. The van der Waals surface area contributed by atoms with Crippen LogP contribution in [0.25, 0.3) is 0 Å². The van der Waals surface area contributed by atoms with Crippen molar-refractivity contribution in [1.82, 2.24) is 4.90 Å². The number of hydrogen-bond donors (Lipinski definition) is 1. The number of anilines is 1. The Balaban J connectivity index is 1.30. The average molecular weight is 444 g/mol. The van der Waals surface area contributed by atoms with E-state index in [1.165, 1.54) is 24.3 Å². The summed E-state index contributed by atoms with van der Waals surface area (Å²) in [6.45, 7) is -0.0759. The Kier molecular flexibility index (Phi) is 6.17. The van der Waals surface area contributed by atoms with Crippen LogP contribution in [0.2, 0.25) is 0 Å². The van der Waals surface area contributed by atoms with Gasteiger partial charge in [0, 0.05) is 17.8 Å². The summed E-state index contributed by atoms with van der Waals surface area (Å²) in [5, 5.41) is 2.77. The van der Waals surface area contributed by atoms with Crippen LogP contribution in [0.3, 0.4) is 0 Å². The molecule has 3 aromatic rings. The Hall–Kier alpha value is -4.46. The van der Waals surface area contributed by atoms with Crippen LogP contribution in [0, 0.1) is 0 Å². The highest BCUT2D eigenvalue weighted by atomic mass is 16.5. The standard InChI is InChI=1S/C25H20N2O6/c1-32-18-12-8-17(9-13-18)26-23(29)16-6-10-19(11-7-16)33-22(28)14-15-27-24(30)20-4-2-3-5-21(20)25(27)31/h2-13H,14-15H2,1H3,(H,26,29). The van der Waals surface area contributed by atoms with Gasteiger partial charge in [0.25, 0.3) is 17.7 Å². The maximum atomic E-state index is 12.4. The van der Waals surface area contributed by atoms with Gasteiger partial charge in [0.2, 0.25) is 0 Å². The lowest BCUT2D eigenvalue weighted by molar-refractivity contribution is -0.134. The molecule has 3 amide bonds. The van der Waals surface area contributed by atoms with Gasteiger partial charge in [0.05, 0.1) is 24.7 Å². The van der Waals surface area contributed by atoms with Crippen molar-refractivity contribution in [2.24, 2.45) is 0 Å². The van der Waals surface area contributed by atoms with E-state index in [0.717, 1.165) is 4.90 Å². The molecule has 1 N–H and O–H groups in total. The second kappa shape index (κ2) is 9.35. The van der Waals surface area contributed by atoms with E-state index < -0.39 is 17.8 Å². The van der Waals surface area contributed by atoms with Crippen molar-refractivity contribution in [3.63, 3.8) is 0 Å². The largest absolute Gasteiger partial charge is 0.497 e. The number of esters is 1. The van der Waals surface area contributed by atoms with Crippen molar-refractivity contribution in [3.8, 4) is 11.5 Å². The summed E-state index contributed by atoms with van der Waals surface area (Å²) in [7, 11) is 1.56. The monoisotopic (exact) mass is 444 g/mol. The minimum atomic E-state index is -0.595. The molecule has 1 aliphatic heterocycles. The molecule has 0 aromatic heterocycles. The van der Waals surface area contributed by atoms with Gasteiger partial charge in [-0.05, 0) is 60.7 Å². The van der Waals surface area contributed by atoms with Crippen molar-refractivity contribution >= 4 is 29.4 Å². The highest BCUT2D eigenvalue weighted by Gasteiger charge is 2.35. The smallest absolute Gasteiger partial charge is 0.312 e. The van der Waals surface area contributed by atoms with Crippen LogP contribution < -0.4 is 14.8 Å². The minimum absolute atomic E-state index is 0.0759. The molecule has 0 unspecified atom stereocenters. The van der Waals surface area contributed by atoms with Crippen molar-refractivity contribution in [2.45, 2.75) is 6.42 Å². The zero-order chi connectivity index (χ0) is 23.4. The Morgan fingerprint density at radius 2 is 1.39 bits per heavy atom. The molecule has 0 radical (unpaired) electrons. The van der Waals surface area contributed by atoms with Gasteiger partial charge in [-0.1, -0.05) is 12.1 Å². The number of nitrogens with one attached hydrogen (secondary N) is 1. The first-order chi connectivity index (χ1) is 16.0. The van der Waals surface area contributed by atoms with Crippen LogP contribution in [0.15, 0.2) is 72.8 Å². The molecule has 8 heteroatoms.